The highest BCUT2D eigenvalue weighted by atomic mass is 35.5. The molecule has 0 aliphatic heterocycles. The van der Waals surface area contributed by atoms with Gasteiger partial charge in [0.2, 0.25) is 0 Å². The van der Waals surface area contributed by atoms with Gasteiger partial charge >= 0.3 is 0 Å². The Bertz CT molecular complexity index is 1400. The number of methoxy groups -OCH3 is 1. The van der Waals surface area contributed by atoms with Gasteiger partial charge in [0.05, 0.1) is 12.1 Å². The van der Waals surface area contributed by atoms with Crippen LogP contribution in [0.4, 0.5) is 4.39 Å². The minimum absolute atomic E-state index is 0.0394. The van der Waals surface area contributed by atoms with Crippen molar-refractivity contribution < 1.29 is 13.9 Å². The molecule has 0 atom stereocenters. The summed E-state index contributed by atoms with van der Waals surface area (Å²) in [5, 5.41) is 3.86. The third-order valence-electron chi connectivity index (χ3n) is 7.24. The Morgan fingerprint density at radius 1 is 1.14 bits per heavy atom. The molecule has 1 N–H and O–H groups in total. The number of ether oxygens (including phenoxy) is 1. The number of hydrogen-bond donors (Lipinski definition) is 1. The van der Waals surface area contributed by atoms with Crippen molar-refractivity contribution >= 4 is 38.9 Å². The number of thiophene rings is 1. The van der Waals surface area contributed by atoms with Gasteiger partial charge in [0.1, 0.15) is 16.4 Å². The molecule has 2 aromatic carbocycles. The Morgan fingerprint density at radius 2 is 1.89 bits per heavy atom. The van der Waals surface area contributed by atoms with Gasteiger partial charge in [0.25, 0.3) is 5.91 Å². The predicted octanol–water partition coefficient (Wildman–Crippen LogP) is 6.94. The van der Waals surface area contributed by atoms with Gasteiger partial charge < -0.3 is 15.0 Å². The number of amides is 1. The molecule has 1 aliphatic carbocycles. The fourth-order valence-corrected chi connectivity index (χ4v) is 6.70. The Morgan fingerprint density at radius 3 is 2.57 bits per heavy atom. The van der Waals surface area contributed by atoms with Crippen molar-refractivity contribution in [3.8, 4) is 16.9 Å². The van der Waals surface area contributed by atoms with Crippen LogP contribution in [0.25, 0.3) is 21.2 Å². The van der Waals surface area contributed by atoms with Gasteiger partial charge in [-0.3, -0.25) is 9.78 Å². The number of benzene rings is 2. The average molecular weight is 538 g/mol. The van der Waals surface area contributed by atoms with Crippen LogP contribution in [-0.4, -0.2) is 42.0 Å². The minimum Gasteiger partial charge on any atom is -0.496 e. The molecule has 1 aliphatic rings. The van der Waals surface area contributed by atoms with Crippen molar-refractivity contribution in [1.82, 2.24) is 15.2 Å². The Hall–Kier alpha value is -3.00. The molecule has 0 radical (unpaired) electrons. The van der Waals surface area contributed by atoms with Gasteiger partial charge in [-0.05, 0) is 80.3 Å². The van der Waals surface area contributed by atoms with Crippen LogP contribution in [0.5, 0.6) is 5.75 Å². The standard InChI is InChI=1S/C29H29ClFN3O2S/c1-32-21-7-9-22(10-8-21)34(29(35)28-27(30)26-23(31)4-3-5-25(26)37-28)17-20-16-19(6-11-24(20)36-2)18-12-14-33-15-13-18/h3-6,11-16,21-22,32H,7-10,17H2,1-2H3. The van der Waals surface area contributed by atoms with Crippen LogP contribution in [0.2, 0.25) is 5.02 Å². The number of fused-ring (bicyclic) bond motifs is 1. The van der Waals surface area contributed by atoms with E-state index in [-0.39, 0.29) is 17.0 Å². The second kappa shape index (κ2) is 11.2. The summed E-state index contributed by atoms with van der Waals surface area (Å²) in [4.78, 5) is 20.5. The van der Waals surface area contributed by atoms with Crippen LogP contribution in [-0.2, 0) is 6.54 Å². The minimum atomic E-state index is -0.411. The number of halogens is 2. The molecule has 4 aromatic rings. The maximum atomic E-state index is 14.6. The summed E-state index contributed by atoms with van der Waals surface area (Å²) in [5.41, 5.74) is 2.96. The number of carbonyl (C=O) groups is 1. The van der Waals surface area contributed by atoms with E-state index in [1.165, 1.54) is 17.4 Å². The predicted molar refractivity (Wildman–Crippen MR) is 148 cm³/mol. The maximum Gasteiger partial charge on any atom is 0.266 e. The summed E-state index contributed by atoms with van der Waals surface area (Å²) in [6, 6.07) is 15.2. The number of pyridine rings is 1. The van der Waals surface area contributed by atoms with E-state index in [1.54, 1.807) is 31.6 Å². The second-order valence-corrected chi connectivity index (χ2v) is 10.8. The van der Waals surface area contributed by atoms with E-state index in [2.05, 4.69) is 16.4 Å². The summed E-state index contributed by atoms with van der Waals surface area (Å²) < 4.78 is 21.0. The van der Waals surface area contributed by atoms with Crippen LogP contribution in [0.1, 0.15) is 40.9 Å². The molecule has 192 valence electrons. The Kier molecular flexibility index (Phi) is 7.74. The molecule has 5 rings (SSSR count). The third-order valence-corrected chi connectivity index (χ3v) is 8.87. The highest BCUT2D eigenvalue weighted by Gasteiger charge is 2.32. The van der Waals surface area contributed by atoms with Gasteiger partial charge in [-0.15, -0.1) is 11.3 Å². The first kappa shape index (κ1) is 25.6. The number of nitrogens with zero attached hydrogens (tertiary/aromatic N) is 2. The van der Waals surface area contributed by atoms with Crippen LogP contribution in [0.3, 0.4) is 0 Å². The van der Waals surface area contributed by atoms with Gasteiger partial charge in [0.15, 0.2) is 0 Å². The highest BCUT2D eigenvalue weighted by Crippen LogP contribution is 2.39. The smallest absolute Gasteiger partial charge is 0.266 e. The quantitative estimate of drug-likeness (QED) is 0.277. The molecule has 1 saturated carbocycles. The summed E-state index contributed by atoms with van der Waals surface area (Å²) >= 11 is 7.89. The molecular weight excluding hydrogens is 509 g/mol. The van der Waals surface area contributed by atoms with Crippen molar-refractivity contribution in [3.05, 3.63) is 82.2 Å². The van der Waals surface area contributed by atoms with E-state index in [0.29, 0.717) is 33.3 Å². The maximum absolute atomic E-state index is 14.6. The summed E-state index contributed by atoms with van der Waals surface area (Å²) in [7, 11) is 3.62. The number of aromatic nitrogens is 1. The first-order valence-corrected chi connectivity index (χ1v) is 13.6. The zero-order valence-electron chi connectivity index (χ0n) is 20.8. The second-order valence-electron chi connectivity index (χ2n) is 9.35. The lowest BCUT2D eigenvalue weighted by molar-refractivity contribution is 0.0604. The fourth-order valence-electron chi connectivity index (χ4n) is 5.19. The molecular formula is C29H29ClFN3O2S. The van der Waals surface area contributed by atoms with E-state index in [4.69, 9.17) is 16.3 Å². The van der Waals surface area contributed by atoms with Crippen molar-refractivity contribution in [1.29, 1.82) is 0 Å². The molecule has 0 spiro atoms. The molecule has 0 saturated heterocycles. The fraction of sp³-hybridized carbons (Fsp3) is 0.310. The van der Waals surface area contributed by atoms with E-state index in [0.717, 1.165) is 42.4 Å². The molecule has 2 heterocycles. The first-order valence-electron chi connectivity index (χ1n) is 12.4. The van der Waals surface area contributed by atoms with Crippen molar-refractivity contribution in [3.63, 3.8) is 0 Å². The lowest BCUT2D eigenvalue weighted by Crippen LogP contribution is -2.44. The molecule has 8 heteroatoms. The Labute approximate surface area is 225 Å². The lowest BCUT2D eigenvalue weighted by atomic mass is 9.89. The first-order chi connectivity index (χ1) is 18.0. The summed E-state index contributed by atoms with van der Waals surface area (Å²) in [6.07, 6.45) is 7.23. The van der Waals surface area contributed by atoms with Gasteiger partial charge in [-0.1, -0.05) is 23.7 Å². The van der Waals surface area contributed by atoms with E-state index in [1.807, 2.05) is 36.2 Å². The average Bonchev–Trinajstić information content (AvgIpc) is 3.29. The molecule has 37 heavy (non-hydrogen) atoms. The SMILES string of the molecule is CNC1CCC(N(Cc2cc(-c3ccncc3)ccc2OC)C(=O)c2sc3cccc(F)c3c2Cl)CC1. The zero-order chi connectivity index (χ0) is 25.9. The molecule has 1 amide bonds. The lowest BCUT2D eigenvalue weighted by Gasteiger charge is -2.37. The van der Waals surface area contributed by atoms with Crippen molar-refractivity contribution in [2.75, 3.05) is 14.2 Å². The van der Waals surface area contributed by atoms with E-state index >= 15 is 0 Å². The summed E-state index contributed by atoms with van der Waals surface area (Å²) in [6.45, 7) is 0.364. The molecule has 0 bridgehead atoms. The van der Waals surface area contributed by atoms with Crippen molar-refractivity contribution in [2.24, 2.45) is 0 Å². The zero-order valence-corrected chi connectivity index (χ0v) is 22.4. The molecule has 5 nitrogen and oxygen atoms in total. The number of rotatable bonds is 7. The van der Waals surface area contributed by atoms with Crippen LogP contribution < -0.4 is 10.1 Å². The van der Waals surface area contributed by atoms with Crippen molar-refractivity contribution in [2.45, 2.75) is 44.3 Å². The number of hydrogen-bond acceptors (Lipinski definition) is 5. The van der Waals surface area contributed by atoms with Gasteiger partial charge in [-0.25, -0.2) is 4.39 Å². The molecule has 0 unspecified atom stereocenters. The van der Waals surface area contributed by atoms with E-state index in [9.17, 15) is 9.18 Å². The Balaban J connectivity index is 1.54. The van der Waals surface area contributed by atoms with Crippen LogP contribution >= 0.6 is 22.9 Å². The third kappa shape index (κ3) is 5.21. The molecule has 1 fully saturated rings. The largest absolute Gasteiger partial charge is 0.496 e. The van der Waals surface area contributed by atoms with Crippen LogP contribution in [0, 0.1) is 5.82 Å². The van der Waals surface area contributed by atoms with Gasteiger partial charge in [-0.2, -0.15) is 0 Å². The van der Waals surface area contributed by atoms with Crippen LogP contribution in [0.15, 0.2) is 60.9 Å². The number of carbonyl (C=O) groups excluding carboxylic acids is 1. The molecule has 2 aromatic heterocycles. The monoisotopic (exact) mass is 537 g/mol. The van der Waals surface area contributed by atoms with E-state index < -0.39 is 5.82 Å². The normalized spacial score (nSPS) is 17.6. The summed E-state index contributed by atoms with van der Waals surface area (Å²) in [5.74, 6) is 0.133. The van der Waals surface area contributed by atoms with Gasteiger partial charge in [0, 0.05) is 46.7 Å². The topological polar surface area (TPSA) is 54.5 Å². The number of nitrogens with one attached hydrogen (secondary N) is 1. The highest BCUT2D eigenvalue weighted by molar-refractivity contribution is 7.21.